The van der Waals surface area contributed by atoms with Crippen LogP contribution in [0.2, 0.25) is 0 Å². The van der Waals surface area contributed by atoms with Crippen molar-refractivity contribution in [1.82, 2.24) is 4.90 Å². The molecular formula is C7H14N2. The minimum Gasteiger partial charge on any atom is -0.326 e. The average molecular weight is 126 g/mol. The van der Waals surface area contributed by atoms with E-state index >= 15 is 0 Å². The molecule has 0 spiro atoms. The van der Waals surface area contributed by atoms with Gasteiger partial charge < -0.3 is 10.6 Å². The van der Waals surface area contributed by atoms with Crippen molar-refractivity contribution in [1.29, 1.82) is 0 Å². The van der Waals surface area contributed by atoms with Gasteiger partial charge in [-0.15, -0.1) is 0 Å². The topological polar surface area (TPSA) is 29.3 Å². The van der Waals surface area contributed by atoms with Crippen molar-refractivity contribution in [3.63, 3.8) is 0 Å². The number of nitrogens with two attached hydrogens (primary N) is 1. The monoisotopic (exact) mass is 126 g/mol. The minimum absolute atomic E-state index is 0.341. The van der Waals surface area contributed by atoms with Crippen LogP contribution >= 0.6 is 0 Å². The zero-order valence-corrected chi connectivity index (χ0v) is 5.88. The molecule has 2 heteroatoms. The molecule has 0 saturated heterocycles. The summed E-state index contributed by atoms with van der Waals surface area (Å²) in [5.74, 6) is 0. The second kappa shape index (κ2) is 2.99. The first-order valence-electron chi connectivity index (χ1n) is 3.38. The first-order chi connectivity index (χ1) is 4.29. The molecule has 1 atom stereocenters. The Morgan fingerprint density at radius 1 is 1.56 bits per heavy atom. The Balaban J connectivity index is 2.40. The number of hydrogen-bond donors (Lipinski definition) is 1. The summed E-state index contributed by atoms with van der Waals surface area (Å²) in [6, 6.07) is 0.341. The number of likely N-dealkylation sites (N-methyl/N-ethyl adjacent to an activating group) is 1. The van der Waals surface area contributed by atoms with Crippen LogP contribution < -0.4 is 5.73 Å². The predicted octanol–water partition coefficient (Wildman–Crippen LogP) is 0.205. The van der Waals surface area contributed by atoms with E-state index in [0.717, 1.165) is 19.5 Å². The Kier molecular flexibility index (Phi) is 2.25. The molecule has 0 aromatic heterocycles. The van der Waals surface area contributed by atoms with Crippen LogP contribution in [0, 0.1) is 0 Å². The van der Waals surface area contributed by atoms with E-state index in [1.165, 1.54) is 0 Å². The summed E-state index contributed by atoms with van der Waals surface area (Å²) >= 11 is 0. The molecule has 9 heavy (non-hydrogen) atoms. The highest BCUT2D eigenvalue weighted by molar-refractivity contribution is 4.91. The summed E-state index contributed by atoms with van der Waals surface area (Å²) < 4.78 is 0. The van der Waals surface area contributed by atoms with Gasteiger partial charge in [0.15, 0.2) is 0 Å². The van der Waals surface area contributed by atoms with E-state index in [1.54, 1.807) is 0 Å². The van der Waals surface area contributed by atoms with E-state index in [2.05, 4.69) is 24.1 Å². The van der Waals surface area contributed by atoms with Crippen molar-refractivity contribution in [2.75, 3.05) is 20.1 Å². The fourth-order valence-electron chi connectivity index (χ4n) is 1.07. The molecule has 0 radical (unpaired) electrons. The molecule has 52 valence electrons. The standard InChI is InChI=1S/C7H14N2/c1-9-5-3-2-4-7(8)6-9/h2-3,7H,4-6,8H2,1H3/t7-/m0/s1. The number of nitrogens with zero attached hydrogens (tertiary/aromatic N) is 1. The molecule has 0 bridgehead atoms. The van der Waals surface area contributed by atoms with Crippen molar-refractivity contribution in [2.45, 2.75) is 12.5 Å². The molecule has 0 unspecified atom stereocenters. The summed E-state index contributed by atoms with van der Waals surface area (Å²) in [6.07, 6.45) is 5.37. The highest BCUT2D eigenvalue weighted by Crippen LogP contribution is 1.98. The van der Waals surface area contributed by atoms with Gasteiger partial charge in [0.1, 0.15) is 0 Å². The fraction of sp³-hybridized carbons (Fsp3) is 0.714. The molecule has 2 nitrogen and oxygen atoms in total. The highest BCUT2D eigenvalue weighted by Gasteiger charge is 2.05. The number of rotatable bonds is 0. The lowest BCUT2D eigenvalue weighted by atomic mass is 10.2. The van der Waals surface area contributed by atoms with Gasteiger partial charge in [-0.05, 0) is 13.5 Å². The minimum atomic E-state index is 0.341. The van der Waals surface area contributed by atoms with Crippen molar-refractivity contribution >= 4 is 0 Å². The maximum absolute atomic E-state index is 5.73. The second-order valence-corrected chi connectivity index (χ2v) is 2.69. The van der Waals surface area contributed by atoms with Gasteiger partial charge in [0.2, 0.25) is 0 Å². The molecule has 1 aliphatic heterocycles. The lowest BCUT2D eigenvalue weighted by Crippen LogP contribution is -2.33. The first-order valence-corrected chi connectivity index (χ1v) is 3.38. The molecule has 0 aromatic carbocycles. The van der Waals surface area contributed by atoms with Crippen LogP contribution in [0.1, 0.15) is 6.42 Å². The lowest BCUT2D eigenvalue weighted by Gasteiger charge is -2.15. The maximum atomic E-state index is 5.73. The fourth-order valence-corrected chi connectivity index (χ4v) is 1.07. The summed E-state index contributed by atoms with van der Waals surface area (Å²) in [7, 11) is 2.09. The third kappa shape index (κ3) is 2.16. The molecule has 0 amide bonds. The summed E-state index contributed by atoms with van der Waals surface area (Å²) in [4.78, 5) is 2.23. The SMILES string of the molecule is CN1CC=CC[C@H](N)C1. The zero-order valence-electron chi connectivity index (χ0n) is 5.88. The Morgan fingerprint density at radius 2 is 2.33 bits per heavy atom. The maximum Gasteiger partial charge on any atom is 0.0202 e. The molecule has 1 heterocycles. The first kappa shape index (κ1) is 6.78. The van der Waals surface area contributed by atoms with Gasteiger partial charge in [0.05, 0.1) is 0 Å². The van der Waals surface area contributed by atoms with Crippen molar-refractivity contribution in [3.8, 4) is 0 Å². The van der Waals surface area contributed by atoms with Crippen LogP contribution in [-0.2, 0) is 0 Å². The van der Waals surface area contributed by atoms with Crippen LogP contribution in [0.25, 0.3) is 0 Å². The smallest absolute Gasteiger partial charge is 0.0202 e. The predicted molar refractivity (Wildman–Crippen MR) is 39.2 cm³/mol. The molecule has 1 aliphatic rings. The van der Waals surface area contributed by atoms with E-state index < -0.39 is 0 Å². The summed E-state index contributed by atoms with van der Waals surface area (Å²) in [6.45, 7) is 2.07. The van der Waals surface area contributed by atoms with Gasteiger partial charge in [0.25, 0.3) is 0 Å². The Morgan fingerprint density at radius 3 is 3.11 bits per heavy atom. The highest BCUT2D eigenvalue weighted by atomic mass is 15.1. The van der Waals surface area contributed by atoms with Crippen molar-refractivity contribution in [2.24, 2.45) is 5.73 Å². The molecule has 2 N–H and O–H groups in total. The van der Waals surface area contributed by atoms with Crippen LogP contribution in [-0.4, -0.2) is 31.1 Å². The van der Waals surface area contributed by atoms with E-state index in [-0.39, 0.29) is 0 Å². The lowest BCUT2D eigenvalue weighted by molar-refractivity contribution is 0.349. The summed E-state index contributed by atoms with van der Waals surface area (Å²) in [5, 5.41) is 0. The quantitative estimate of drug-likeness (QED) is 0.470. The van der Waals surface area contributed by atoms with E-state index in [1.807, 2.05) is 0 Å². The summed E-state index contributed by atoms with van der Waals surface area (Å²) in [5.41, 5.74) is 5.73. The second-order valence-electron chi connectivity index (χ2n) is 2.69. The van der Waals surface area contributed by atoms with Crippen LogP contribution in [0.4, 0.5) is 0 Å². The largest absolute Gasteiger partial charge is 0.326 e. The molecule has 0 aliphatic carbocycles. The van der Waals surface area contributed by atoms with Gasteiger partial charge in [-0.25, -0.2) is 0 Å². The van der Waals surface area contributed by atoms with Crippen LogP contribution in [0.5, 0.6) is 0 Å². The van der Waals surface area contributed by atoms with Gasteiger partial charge in [-0.2, -0.15) is 0 Å². The zero-order chi connectivity index (χ0) is 6.69. The Hall–Kier alpha value is -0.340. The van der Waals surface area contributed by atoms with Gasteiger partial charge >= 0.3 is 0 Å². The van der Waals surface area contributed by atoms with Gasteiger partial charge in [0, 0.05) is 19.1 Å². The van der Waals surface area contributed by atoms with E-state index in [0.29, 0.717) is 6.04 Å². The molecule has 0 aromatic rings. The normalized spacial score (nSPS) is 30.2. The third-order valence-corrected chi connectivity index (χ3v) is 1.57. The van der Waals surface area contributed by atoms with Crippen LogP contribution in [0.3, 0.4) is 0 Å². The number of hydrogen-bond acceptors (Lipinski definition) is 2. The molecule has 0 saturated carbocycles. The van der Waals surface area contributed by atoms with Crippen molar-refractivity contribution in [3.05, 3.63) is 12.2 Å². The van der Waals surface area contributed by atoms with Gasteiger partial charge in [-0.3, -0.25) is 0 Å². The van der Waals surface area contributed by atoms with Crippen molar-refractivity contribution < 1.29 is 0 Å². The molecule has 1 rings (SSSR count). The van der Waals surface area contributed by atoms with Gasteiger partial charge in [-0.1, -0.05) is 12.2 Å². The van der Waals surface area contributed by atoms with Crippen LogP contribution in [0.15, 0.2) is 12.2 Å². The average Bonchev–Trinajstić information content (AvgIpc) is 1.93. The molecular weight excluding hydrogens is 112 g/mol. The third-order valence-electron chi connectivity index (χ3n) is 1.57. The Labute approximate surface area is 56.3 Å². The Bertz CT molecular complexity index is 97.5. The molecule has 0 fully saturated rings. The van der Waals surface area contributed by atoms with E-state index in [4.69, 9.17) is 5.73 Å². The van der Waals surface area contributed by atoms with E-state index in [9.17, 15) is 0 Å².